The van der Waals surface area contributed by atoms with E-state index < -0.39 is 0 Å². The van der Waals surface area contributed by atoms with Crippen molar-refractivity contribution in [3.63, 3.8) is 0 Å². The summed E-state index contributed by atoms with van der Waals surface area (Å²) in [6.45, 7) is 0. The third-order valence-electron chi connectivity index (χ3n) is 6.86. The fourth-order valence-corrected chi connectivity index (χ4v) is 9.31. The van der Waals surface area contributed by atoms with Gasteiger partial charge >= 0.3 is 0 Å². The SMILES string of the molecule is BrSC(C1CCCCC1)(C1CCCCC1)C1CCCCC1. The largest absolute Gasteiger partial charge is 0.0758 e. The van der Waals surface area contributed by atoms with Gasteiger partial charge in [0.1, 0.15) is 0 Å². The first-order chi connectivity index (χ1) is 10.4. The molecule has 122 valence electrons. The second-order valence-electron chi connectivity index (χ2n) is 7.94. The van der Waals surface area contributed by atoms with E-state index in [4.69, 9.17) is 0 Å². The molecular formula is C19H33BrS. The second-order valence-corrected chi connectivity index (χ2v) is 9.77. The van der Waals surface area contributed by atoms with Crippen molar-refractivity contribution in [2.75, 3.05) is 0 Å². The molecule has 0 aliphatic heterocycles. The molecule has 0 nitrogen and oxygen atoms in total. The van der Waals surface area contributed by atoms with Crippen molar-refractivity contribution in [3.05, 3.63) is 0 Å². The standard InChI is InChI=1S/C19H33BrS/c20-21-19(16-10-4-1-5-11-16,17-12-6-2-7-13-17)18-14-8-3-9-15-18/h16-18H,1-15H2. The van der Waals surface area contributed by atoms with E-state index in [1.807, 2.05) is 0 Å². The highest BCUT2D eigenvalue weighted by molar-refractivity contribution is 9.50. The van der Waals surface area contributed by atoms with Gasteiger partial charge in [0.2, 0.25) is 0 Å². The van der Waals surface area contributed by atoms with Gasteiger partial charge in [0.15, 0.2) is 0 Å². The summed E-state index contributed by atoms with van der Waals surface area (Å²) in [6.07, 6.45) is 22.6. The predicted octanol–water partition coefficient (Wildman–Crippen LogP) is 7.51. The van der Waals surface area contributed by atoms with E-state index in [1.54, 1.807) is 0 Å². The summed E-state index contributed by atoms with van der Waals surface area (Å²) in [5.74, 6) is 3.01. The third kappa shape index (κ3) is 3.52. The second kappa shape index (κ2) is 8.08. The van der Waals surface area contributed by atoms with Crippen molar-refractivity contribution < 1.29 is 0 Å². The fraction of sp³-hybridized carbons (Fsp3) is 1.00. The van der Waals surface area contributed by atoms with Crippen LogP contribution < -0.4 is 0 Å². The van der Waals surface area contributed by atoms with Gasteiger partial charge in [-0.3, -0.25) is 0 Å². The lowest BCUT2D eigenvalue weighted by atomic mass is 9.61. The van der Waals surface area contributed by atoms with Crippen LogP contribution in [0, 0.1) is 17.8 Å². The van der Waals surface area contributed by atoms with Gasteiger partial charge < -0.3 is 0 Å². The Bertz CT molecular complexity index is 253. The quantitative estimate of drug-likeness (QED) is 0.491. The molecule has 0 atom stereocenters. The monoisotopic (exact) mass is 372 g/mol. The molecule has 3 saturated carbocycles. The van der Waals surface area contributed by atoms with Gasteiger partial charge in [-0.1, -0.05) is 68.0 Å². The normalized spacial score (nSPS) is 27.9. The third-order valence-corrected chi connectivity index (χ3v) is 9.81. The molecule has 0 aromatic heterocycles. The van der Waals surface area contributed by atoms with Crippen molar-refractivity contribution in [2.45, 2.75) is 101 Å². The summed E-state index contributed by atoms with van der Waals surface area (Å²) >= 11 is 4.00. The molecule has 0 unspecified atom stereocenters. The van der Waals surface area contributed by atoms with Crippen molar-refractivity contribution >= 4 is 25.0 Å². The van der Waals surface area contributed by atoms with Crippen LogP contribution in [0.4, 0.5) is 0 Å². The molecule has 0 saturated heterocycles. The number of rotatable bonds is 4. The van der Waals surface area contributed by atoms with Crippen LogP contribution in [0.1, 0.15) is 96.3 Å². The molecule has 3 aliphatic carbocycles. The topological polar surface area (TPSA) is 0 Å². The Kier molecular flexibility index (Phi) is 6.42. The van der Waals surface area contributed by atoms with Crippen molar-refractivity contribution in [1.29, 1.82) is 0 Å². The van der Waals surface area contributed by atoms with Gasteiger partial charge in [-0.05, 0) is 71.1 Å². The Balaban J connectivity index is 1.85. The van der Waals surface area contributed by atoms with E-state index in [0.717, 1.165) is 17.8 Å². The fourth-order valence-electron chi connectivity index (χ4n) is 5.85. The Morgan fingerprint density at radius 3 is 1.05 bits per heavy atom. The van der Waals surface area contributed by atoms with Crippen LogP contribution in [-0.2, 0) is 0 Å². The highest BCUT2D eigenvalue weighted by Crippen LogP contribution is 2.59. The smallest absolute Gasteiger partial charge is 0.0353 e. The minimum Gasteiger partial charge on any atom is -0.0758 e. The number of halogens is 1. The van der Waals surface area contributed by atoms with Gasteiger partial charge in [0, 0.05) is 4.75 Å². The molecular weight excluding hydrogens is 340 g/mol. The van der Waals surface area contributed by atoms with Crippen LogP contribution in [0.25, 0.3) is 0 Å². The first-order valence-corrected chi connectivity index (χ1v) is 12.3. The maximum atomic E-state index is 4.00. The summed E-state index contributed by atoms with van der Waals surface area (Å²) in [7, 11) is 2.15. The summed E-state index contributed by atoms with van der Waals surface area (Å²) in [5, 5.41) is 0. The maximum Gasteiger partial charge on any atom is 0.0353 e. The van der Waals surface area contributed by atoms with Crippen LogP contribution in [0.5, 0.6) is 0 Å². The van der Waals surface area contributed by atoms with E-state index >= 15 is 0 Å². The van der Waals surface area contributed by atoms with E-state index in [2.05, 4.69) is 25.0 Å². The molecule has 2 heteroatoms. The average molecular weight is 373 g/mol. The highest BCUT2D eigenvalue weighted by atomic mass is 79.9. The maximum absolute atomic E-state index is 4.00. The molecule has 0 bridgehead atoms. The molecule has 3 fully saturated rings. The summed E-state index contributed by atoms with van der Waals surface area (Å²) < 4.78 is 0.585. The predicted molar refractivity (Wildman–Crippen MR) is 99.0 cm³/mol. The zero-order chi connectivity index (χ0) is 14.5. The number of hydrogen-bond donors (Lipinski definition) is 0. The zero-order valence-electron chi connectivity index (χ0n) is 13.6. The van der Waals surface area contributed by atoms with Crippen LogP contribution in [0.2, 0.25) is 0 Å². The Morgan fingerprint density at radius 1 is 0.524 bits per heavy atom. The van der Waals surface area contributed by atoms with Crippen molar-refractivity contribution in [2.24, 2.45) is 17.8 Å². The van der Waals surface area contributed by atoms with Crippen LogP contribution in [0.15, 0.2) is 0 Å². The molecule has 3 aliphatic rings. The molecule has 0 aromatic rings. The minimum absolute atomic E-state index is 0.585. The first kappa shape index (κ1) is 16.7. The van der Waals surface area contributed by atoms with Crippen LogP contribution >= 0.6 is 25.0 Å². The molecule has 0 amide bonds. The van der Waals surface area contributed by atoms with Crippen LogP contribution in [0.3, 0.4) is 0 Å². The lowest BCUT2D eigenvalue weighted by Gasteiger charge is -2.53. The minimum atomic E-state index is 0.585. The summed E-state index contributed by atoms with van der Waals surface area (Å²) in [5.41, 5.74) is 0. The van der Waals surface area contributed by atoms with Gasteiger partial charge in [-0.2, -0.15) is 0 Å². The van der Waals surface area contributed by atoms with Gasteiger partial charge in [-0.25, -0.2) is 0 Å². The van der Waals surface area contributed by atoms with Crippen molar-refractivity contribution in [3.8, 4) is 0 Å². The van der Waals surface area contributed by atoms with Crippen molar-refractivity contribution in [1.82, 2.24) is 0 Å². The van der Waals surface area contributed by atoms with Gasteiger partial charge in [0.05, 0.1) is 0 Å². The zero-order valence-corrected chi connectivity index (χ0v) is 16.0. The van der Waals surface area contributed by atoms with Gasteiger partial charge in [-0.15, -0.1) is 0 Å². The molecule has 21 heavy (non-hydrogen) atoms. The number of hydrogen-bond acceptors (Lipinski definition) is 1. The molecule has 0 N–H and O–H groups in total. The average Bonchev–Trinajstić information content (AvgIpc) is 2.59. The van der Waals surface area contributed by atoms with Crippen LogP contribution in [-0.4, -0.2) is 4.75 Å². The van der Waals surface area contributed by atoms with E-state index in [1.165, 1.54) is 96.3 Å². The molecule has 0 radical (unpaired) electrons. The van der Waals surface area contributed by atoms with E-state index in [9.17, 15) is 0 Å². The Labute approximate surface area is 143 Å². The highest BCUT2D eigenvalue weighted by Gasteiger charge is 2.50. The molecule has 0 spiro atoms. The van der Waals surface area contributed by atoms with Gasteiger partial charge in [0.25, 0.3) is 0 Å². The summed E-state index contributed by atoms with van der Waals surface area (Å²) in [4.78, 5) is 0. The van der Waals surface area contributed by atoms with E-state index in [0.29, 0.717) is 4.75 Å². The summed E-state index contributed by atoms with van der Waals surface area (Å²) in [6, 6.07) is 0. The Morgan fingerprint density at radius 2 is 0.810 bits per heavy atom. The first-order valence-electron chi connectivity index (χ1n) is 9.67. The Hall–Kier alpha value is 0.830. The van der Waals surface area contributed by atoms with E-state index in [-0.39, 0.29) is 0 Å². The molecule has 0 aromatic carbocycles. The molecule has 3 rings (SSSR count). The molecule has 0 heterocycles. The lowest BCUT2D eigenvalue weighted by molar-refractivity contribution is 0.101. The lowest BCUT2D eigenvalue weighted by Crippen LogP contribution is -2.49.